The van der Waals surface area contributed by atoms with Crippen molar-refractivity contribution in [3.05, 3.63) is 5.51 Å². The van der Waals surface area contributed by atoms with E-state index in [9.17, 15) is 0 Å². The minimum Gasteiger partial charge on any atom is -0.381 e. The van der Waals surface area contributed by atoms with E-state index >= 15 is 0 Å². The molecule has 0 bridgehead atoms. The Morgan fingerprint density at radius 1 is 1.75 bits per heavy atom. The number of nitrogens with zero attached hydrogens (tertiary/aromatic N) is 2. The second-order valence-electron chi connectivity index (χ2n) is 2.85. The Morgan fingerprint density at radius 3 is 3.42 bits per heavy atom. The minimum atomic E-state index is 0.647. The molecule has 0 radical (unpaired) electrons. The summed E-state index contributed by atoms with van der Waals surface area (Å²) in [6.07, 6.45) is 1.16. The number of hydrogen-bond acceptors (Lipinski definition) is 5. The molecule has 1 aliphatic heterocycles. The number of ether oxygens (including phenoxy) is 1. The van der Waals surface area contributed by atoms with Gasteiger partial charge in [-0.2, -0.15) is 0 Å². The lowest BCUT2D eigenvalue weighted by atomic mass is 10.1. The van der Waals surface area contributed by atoms with Gasteiger partial charge in [0, 0.05) is 19.1 Å². The van der Waals surface area contributed by atoms with Crippen molar-refractivity contribution in [1.29, 1.82) is 0 Å². The second-order valence-corrected chi connectivity index (χ2v) is 3.69. The van der Waals surface area contributed by atoms with E-state index < -0.39 is 0 Å². The molecule has 1 saturated heterocycles. The molecule has 66 valence electrons. The van der Waals surface area contributed by atoms with Gasteiger partial charge in [0.2, 0.25) is 5.13 Å². The fourth-order valence-corrected chi connectivity index (χ4v) is 1.68. The smallest absolute Gasteiger partial charge is 0.205 e. The standard InChI is InChI=1S/C7H11N3OS/c1-2-11-4-6(1)3-8-7-10-9-5-12-7/h5-6H,1-4H2,(H,8,10). The van der Waals surface area contributed by atoms with E-state index in [-0.39, 0.29) is 0 Å². The predicted octanol–water partition coefficient (Wildman–Crippen LogP) is 0.986. The Kier molecular flexibility index (Phi) is 2.53. The molecule has 0 aromatic carbocycles. The summed E-state index contributed by atoms with van der Waals surface area (Å²) in [4.78, 5) is 0. The summed E-state index contributed by atoms with van der Waals surface area (Å²) in [6, 6.07) is 0. The molecule has 1 aromatic heterocycles. The maximum Gasteiger partial charge on any atom is 0.205 e. The molecule has 0 saturated carbocycles. The van der Waals surface area contributed by atoms with Crippen molar-refractivity contribution in [3.8, 4) is 0 Å². The number of rotatable bonds is 3. The maximum atomic E-state index is 5.25. The highest BCUT2D eigenvalue weighted by Crippen LogP contribution is 2.14. The van der Waals surface area contributed by atoms with Gasteiger partial charge in [-0.25, -0.2) is 0 Å². The normalized spacial score (nSPS) is 22.8. The number of hydrogen-bond donors (Lipinski definition) is 1. The van der Waals surface area contributed by atoms with Crippen LogP contribution in [0.3, 0.4) is 0 Å². The second kappa shape index (κ2) is 3.82. The molecule has 1 N–H and O–H groups in total. The first-order valence-corrected chi connectivity index (χ1v) is 4.91. The molecule has 4 nitrogen and oxygen atoms in total. The van der Waals surface area contributed by atoms with Crippen molar-refractivity contribution < 1.29 is 4.74 Å². The first-order chi connectivity index (χ1) is 5.95. The van der Waals surface area contributed by atoms with Crippen LogP contribution in [0.15, 0.2) is 5.51 Å². The molecule has 1 unspecified atom stereocenters. The molecule has 0 aliphatic carbocycles. The lowest BCUT2D eigenvalue weighted by molar-refractivity contribution is 0.187. The van der Waals surface area contributed by atoms with Gasteiger partial charge >= 0.3 is 0 Å². The van der Waals surface area contributed by atoms with Gasteiger partial charge in [0.15, 0.2) is 0 Å². The van der Waals surface area contributed by atoms with Crippen LogP contribution in [0, 0.1) is 5.92 Å². The zero-order valence-corrected chi connectivity index (χ0v) is 7.51. The minimum absolute atomic E-state index is 0.647. The van der Waals surface area contributed by atoms with Crippen LogP contribution in [0.25, 0.3) is 0 Å². The summed E-state index contributed by atoms with van der Waals surface area (Å²) in [7, 11) is 0. The molecule has 1 aliphatic rings. The van der Waals surface area contributed by atoms with Gasteiger partial charge in [0.1, 0.15) is 5.51 Å². The van der Waals surface area contributed by atoms with Crippen LogP contribution in [-0.4, -0.2) is 30.0 Å². The maximum absolute atomic E-state index is 5.25. The van der Waals surface area contributed by atoms with Crippen LogP contribution in [-0.2, 0) is 4.74 Å². The van der Waals surface area contributed by atoms with Crippen LogP contribution in [0.4, 0.5) is 5.13 Å². The highest BCUT2D eigenvalue weighted by molar-refractivity contribution is 7.13. The molecular weight excluding hydrogens is 174 g/mol. The van der Waals surface area contributed by atoms with Crippen molar-refractivity contribution >= 4 is 16.5 Å². The molecule has 5 heteroatoms. The molecule has 1 atom stereocenters. The summed E-state index contributed by atoms with van der Waals surface area (Å²) in [5.74, 6) is 0.647. The van der Waals surface area contributed by atoms with E-state index in [1.807, 2.05) is 0 Å². The van der Waals surface area contributed by atoms with E-state index in [4.69, 9.17) is 4.74 Å². The summed E-state index contributed by atoms with van der Waals surface area (Å²) < 4.78 is 5.25. The zero-order valence-electron chi connectivity index (χ0n) is 6.69. The van der Waals surface area contributed by atoms with Gasteiger partial charge in [-0.1, -0.05) is 11.3 Å². The first kappa shape index (κ1) is 7.94. The summed E-state index contributed by atoms with van der Waals surface area (Å²) in [6.45, 7) is 2.74. The molecule has 2 rings (SSSR count). The van der Waals surface area contributed by atoms with Crippen LogP contribution < -0.4 is 5.32 Å². The number of anilines is 1. The fraction of sp³-hybridized carbons (Fsp3) is 0.714. The van der Waals surface area contributed by atoms with Gasteiger partial charge in [0.05, 0.1) is 6.61 Å². The van der Waals surface area contributed by atoms with Gasteiger partial charge in [-0.05, 0) is 6.42 Å². The predicted molar refractivity (Wildman–Crippen MR) is 47.3 cm³/mol. The third kappa shape index (κ3) is 1.92. The number of nitrogens with one attached hydrogen (secondary N) is 1. The van der Waals surface area contributed by atoms with Crippen molar-refractivity contribution in [2.45, 2.75) is 6.42 Å². The highest BCUT2D eigenvalue weighted by atomic mass is 32.1. The number of aromatic nitrogens is 2. The molecule has 0 amide bonds. The average molecular weight is 185 g/mol. The Labute approximate surface area is 75.0 Å². The molecule has 0 spiro atoms. The highest BCUT2D eigenvalue weighted by Gasteiger charge is 2.15. The summed E-state index contributed by atoms with van der Waals surface area (Å²) in [5.41, 5.74) is 1.73. The van der Waals surface area contributed by atoms with E-state index in [2.05, 4.69) is 15.5 Å². The van der Waals surface area contributed by atoms with Crippen molar-refractivity contribution in [2.24, 2.45) is 5.92 Å². The largest absolute Gasteiger partial charge is 0.381 e. The molecule has 2 heterocycles. The summed E-state index contributed by atoms with van der Waals surface area (Å²) >= 11 is 1.53. The lowest BCUT2D eigenvalue weighted by Gasteiger charge is -2.06. The SMILES string of the molecule is c1nnc(NCC2CCOC2)s1. The monoisotopic (exact) mass is 185 g/mol. The molecular formula is C7H11N3OS. The Hall–Kier alpha value is -0.680. The van der Waals surface area contributed by atoms with Gasteiger partial charge < -0.3 is 10.1 Å². The third-order valence-electron chi connectivity index (χ3n) is 1.93. The molecule has 12 heavy (non-hydrogen) atoms. The van der Waals surface area contributed by atoms with Gasteiger partial charge in [-0.15, -0.1) is 10.2 Å². The Balaban J connectivity index is 1.74. The van der Waals surface area contributed by atoms with E-state index in [1.165, 1.54) is 11.3 Å². The van der Waals surface area contributed by atoms with E-state index in [0.717, 1.165) is 31.3 Å². The van der Waals surface area contributed by atoms with Crippen molar-refractivity contribution in [2.75, 3.05) is 25.1 Å². The van der Waals surface area contributed by atoms with Gasteiger partial charge in [0.25, 0.3) is 0 Å². The van der Waals surface area contributed by atoms with Crippen LogP contribution >= 0.6 is 11.3 Å². The molecule has 1 fully saturated rings. The third-order valence-corrected chi connectivity index (χ3v) is 2.57. The fourth-order valence-electron chi connectivity index (χ4n) is 1.23. The topological polar surface area (TPSA) is 47.0 Å². The van der Waals surface area contributed by atoms with Crippen LogP contribution in [0.1, 0.15) is 6.42 Å². The van der Waals surface area contributed by atoms with E-state index in [1.54, 1.807) is 5.51 Å². The van der Waals surface area contributed by atoms with Crippen molar-refractivity contribution in [1.82, 2.24) is 10.2 Å². The van der Waals surface area contributed by atoms with Crippen LogP contribution in [0.5, 0.6) is 0 Å². The molecule has 1 aromatic rings. The first-order valence-electron chi connectivity index (χ1n) is 4.03. The Bertz CT molecular complexity index is 221. The van der Waals surface area contributed by atoms with Crippen molar-refractivity contribution in [3.63, 3.8) is 0 Å². The lowest BCUT2D eigenvalue weighted by Crippen LogP contribution is -2.13. The zero-order chi connectivity index (χ0) is 8.23. The summed E-state index contributed by atoms with van der Waals surface area (Å²) in [5, 5.41) is 11.8. The quantitative estimate of drug-likeness (QED) is 0.762. The van der Waals surface area contributed by atoms with Gasteiger partial charge in [-0.3, -0.25) is 0 Å². The van der Waals surface area contributed by atoms with E-state index in [0.29, 0.717) is 5.92 Å². The Morgan fingerprint density at radius 2 is 2.75 bits per heavy atom. The van der Waals surface area contributed by atoms with Crippen LogP contribution in [0.2, 0.25) is 0 Å². The average Bonchev–Trinajstić information content (AvgIpc) is 2.74.